The molecule has 6 nitrogen and oxygen atoms in total. The zero-order chi connectivity index (χ0) is 21.7. The Balaban J connectivity index is 1.82. The van der Waals surface area contributed by atoms with E-state index in [0.717, 1.165) is 46.5 Å². The quantitative estimate of drug-likeness (QED) is 0.392. The largest absolute Gasteiger partial charge is 0.368 e. The minimum Gasteiger partial charge on any atom is -0.368 e. The maximum absolute atomic E-state index is 4.79. The van der Waals surface area contributed by atoms with Gasteiger partial charge >= 0.3 is 0 Å². The Hall–Kier alpha value is -2.25. The molecule has 7 heteroatoms. The fourth-order valence-electron chi connectivity index (χ4n) is 3.09. The molecule has 30 heavy (non-hydrogen) atoms. The van der Waals surface area contributed by atoms with Gasteiger partial charge in [-0.2, -0.15) is 0 Å². The first-order valence-electron chi connectivity index (χ1n) is 10.7. The standard InChI is InChI=1S/C23H34N6S/c1-7-9-15(2)26-19-12-17(14-25-16(3)23(4,5)6)13-20(28-19)29-22-27-18-10-8-11-24-21(18)30-22/h8,10-13,15-16,25H,7,9,14H2,1-6H3,(H2,26,27,28,29)/t15-,16+/m1/s1. The molecule has 0 spiro atoms. The van der Waals surface area contributed by atoms with E-state index in [-0.39, 0.29) is 5.41 Å². The van der Waals surface area contributed by atoms with Gasteiger partial charge in [0.15, 0.2) is 5.13 Å². The van der Waals surface area contributed by atoms with Gasteiger partial charge in [0.25, 0.3) is 0 Å². The second kappa shape index (κ2) is 9.71. The van der Waals surface area contributed by atoms with Crippen LogP contribution in [0, 0.1) is 5.41 Å². The van der Waals surface area contributed by atoms with Gasteiger partial charge in [0.1, 0.15) is 22.0 Å². The Morgan fingerprint density at radius 1 is 1.10 bits per heavy atom. The van der Waals surface area contributed by atoms with E-state index in [0.29, 0.717) is 12.1 Å². The van der Waals surface area contributed by atoms with Crippen LogP contribution in [0.2, 0.25) is 0 Å². The van der Waals surface area contributed by atoms with E-state index in [2.05, 4.69) is 79.6 Å². The van der Waals surface area contributed by atoms with E-state index in [1.165, 1.54) is 16.9 Å². The molecule has 3 aromatic heterocycles. The Morgan fingerprint density at radius 3 is 2.57 bits per heavy atom. The molecule has 0 saturated carbocycles. The van der Waals surface area contributed by atoms with Crippen LogP contribution in [0.15, 0.2) is 30.5 Å². The SMILES string of the molecule is CCC[C@@H](C)Nc1cc(CN[C@@H](C)C(C)(C)C)cc(Nc2nc3cccnc3s2)n1. The number of hydrogen-bond acceptors (Lipinski definition) is 7. The van der Waals surface area contributed by atoms with Crippen LogP contribution in [0.4, 0.5) is 16.8 Å². The lowest BCUT2D eigenvalue weighted by Crippen LogP contribution is -2.37. The van der Waals surface area contributed by atoms with E-state index in [1.54, 1.807) is 6.20 Å². The maximum atomic E-state index is 4.79. The molecule has 3 rings (SSSR count). The van der Waals surface area contributed by atoms with Gasteiger partial charge in [-0.3, -0.25) is 0 Å². The van der Waals surface area contributed by atoms with E-state index in [4.69, 9.17) is 4.98 Å². The molecule has 162 valence electrons. The summed E-state index contributed by atoms with van der Waals surface area (Å²) in [7, 11) is 0. The molecular weight excluding hydrogens is 392 g/mol. The number of rotatable bonds is 9. The molecule has 2 atom stereocenters. The molecule has 0 bridgehead atoms. The van der Waals surface area contributed by atoms with Gasteiger partial charge in [-0.1, -0.05) is 45.5 Å². The van der Waals surface area contributed by atoms with Crippen LogP contribution in [0.3, 0.4) is 0 Å². The van der Waals surface area contributed by atoms with E-state index >= 15 is 0 Å². The van der Waals surface area contributed by atoms with Crippen molar-refractivity contribution in [3.63, 3.8) is 0 Å². The highest BCUT2D eigenvalue weighted by Gasteiger charge is 2.19. The summed E-state index contributed by atoms with van der Waals surface area (Å²) in [4.78, 5) is 14.7. The van der Waals surface area contributed by atoms with E-state index in [1.807, 2.05) is 12.1 Å². The first-order valence-corrected chi connectivity index (χ1v) is 11.6. The lowest BCUT2D eigenvalue weighted by molar-refractivity contribution is 0.285. The minimum atomic E-state index is 0.207. The molecule has 0 saturated heterocycles. The summed E-state index contributed by atoms with van der Waals surface area (Å²) >= 11 is 1.54. The molecule has 0 radical (unpaired) electrons. The third-order valence-corrected chi connectivity index (χ3v) is 6.21. The van der Waals surface area contributed by atoms with Crippen LogP contribution >= 0.6 is 11.3 Å². The van der Waals surface area contributed by atoms with Crippen molar-refractivity contribution in [2.24, 2.45) is 5.41 Å². The molecule has 0 aliphatic rings. The van der Waals surface area contributed by atoms with Gasteiger partial charge in [-0.05, 0) is 55.5 Å². The normalized spacial score (nSPS) is 13.9. The third-order valence-electron chi connectivity index (χ3n) is 5.31. The monoisotopic (exact) mass is 426 g/mol. The zero-order valence-corrected chi connectivity index (χ0v) is 19.7. The van der Waals surface area contributed by atoms with Crippen LogP contribution < -0.4 is 16.0 Å². The van der Waals surface area contributed by atoms with Gasteiger partial charge in [0, 0.05) is 24.8 Å². The predicted molar refractivity (Wildman–Crippen MR) is 129 cm³/mol. The van der Waals surface area contributed by atoms with Crippen molar-refractivity contribution in [2.45, 2.75) is 73.0 Å². The number of thiazole rings is 1. The summed E-state index contributed by atoms with van der Waals surface area (Å²) in [6.45, 7) is 14.2. The number of nitrogens with one attached hydrogen (secondary N) is 3. The molecule has 3 aromatic rings. The molecule has 0 fully saturated rings. The Labute approximate surface area is 183 Å². The number of pyridine rings is 2. The average molecular weight is 427 g/mol. The van der Waals surface area contributed by atoms with Crippen molar-refractivity contribution in [3.05, 3.63) is 36.0 Å². The molecule has 0 aliphatic heterocycles. The van der Waals surface area contributed by atoms with Crippen molar-refractivity contribution >= 4 is 38.5 Å². The van der Waals surface area contributed by atoms with Crippen molar-refractivity contribution < 1.29 is 0 Å². The molecule has 0 amide bonds. The predicted octanol–water partition coefficient (Wildman–Crippen LogP) is 5.95. The lowest BCUT2D eigenvalue weighted by Gasteiger charge is -2.28. The van der Waals surface area contributed by atoms with Crippen LogP contribution in [0.5, 0.6) is 0 Å². The van der Waals surface area contributed by atoms with Gasteiger partial charge < -0.3 is 16.0 Å². The maximum Gasteiger partial charge on any atom is 0.190 e. The van der Waals surface area contributed by atoms with E-state index < -0.39 is 0 Å². The number of aromatic nitrogens is 3. The summed E-state index contributed by atoms with van der Waals surface area (Å²) in [5.41, 5.74) is 2.30. The van der Waals surface area contributed by atoms with Gasteiger partial charge in [0.05, 0.1) is 0 Å². The number of nitrogens with zero attached hydrogens (tertiary/aromatic N) is 3. The molecule has 3 N–H and O–H groups in total. The second-order valence-corrected chi connectivity index (χ2v) is 10.00. The number of hydrogen-bond donors (Lipinski definition) is 3. The minimum absolute atomic E-state index is 0.207. The van der Waals surface area contributed by atoms with Crippen LogP contribution in [-0.2, 0) is 6.54 Å². The fraction of sp³-hybridized carbons (Fsp3) is 0.522. The molecule has 0 aromatic carbocycles. The first-order chi connectivity index (χ1) is 14.2. The molecule has 0 unspecified atom stereocenters. The van der Waals surface area contributed by atoms with Gasteiger partial charge in [-0.25, -0.2) is 15.0 Å². The van der Waals surface area contributed by atoms with Crippen molar-refractivity contribution in [3.8, 4) is 0 Å². The van der Waals surface area contributed by atoms with Crippen LogP contribution in [-0.4, -0.2) is 27.0 Å². The van der Waals surface area contributed by atoms with Gasteiger partial charge in [-0.15, -0.1) is 0 Å². The third kappa shape index (κ3) is 6.12. The summed E-state index contributed by atoms with van der Waals surface area (Å²) in [6.07, 6.45) is 4.04. The first kappa shape index (κ1) is 22.4. The molecular formula is C23H34N6S. The Kier molecular flexibility index (Phi) is 7.26. The van der Waals surface area contributed by atoms with Crippen LogP contribution in [0.1, 0.15) is 59.9 Å². The second-order valence-electron chi connectivity index (χ2n) is 9.02. The highest BCUT2D eigenvalue weighted by atomic mass is 32.1. The Bertz CT molecular complexity index is 929. The summed E-state index contributed by atoms with van der Waals surface area (Å²) < 4.78 is 0. The smallest absolute Gasteiger partial charge is 0.190 e. The lowest BCUT2D eigenvalue weighted by atomic mass is 9.88. The molecule has 0 aliphatic carbocycles. The summed E-state index contributed by atoms with van der Waals surface area (Å²) in [5.74, 6) is 1.68. The topological polar surface area (TPSA) is 74.8 Å². The number of anilines is 3. The Morgan fingerprint density at radius 2 is 1.87 bits per heavy atom. The van der Waals surface area contributed by atoms with Crippen molar-refractivity contribution in [1.29, 1.82) is 0 Å². The summed E-state index contributed by atoms with van der Waals surface area (Å²) in [6, 6.07) is 8.89. The van der Waals surface area contributed by atoms with Gasteiger partial charge in [0.2, 0.25) is 0 Å². The fourth-order valence-corrected chi connectivity index (χ4v) is 3.91. The number of fused-ring (bicyclic) bond motifs is 1. The highest BCUT2D eigenvalue weighted by Crippen LogP contribution is 2.27. The van der Waals surface area contributed by atoms with E-state index in [9.17, 15) is 0 Å². The zero-order valence-electron chi connectivity index (χ0n) is 18.9. The molecule has 3 heterocycles. The summed E-state index contributed by atoms with van der Waals surface area (Å²) in [5, 5.41) is 11.4. The van der Waals surface area contributed by atoms with Crippen LogP contribution in [0.25, 0.3) is 10.3 Å². The highest BCUT2D eigenvalue weighted by molar-refractivity contribution is 7.21. The van der Waals surface area contributed by atoms with Crippen molar-refractivity contribution in [2.75, 3.05) is 10.6 Å². The van der Waals surface area contributed by atoms with Crippen molar-refractivity contribution in [1.82, 2.24) is 20.3 Å². The average Bonchev–Trinajstić information content (AvgIpc) is 3.07.